The molecule has 2 aliphatic heterocycles. The van der Waals surface area contributed by atoms with E-state index < -0.39 is 5.60 Å². The Kier molecular flexibility index (Phi) is 6.59. The van der Waals surface area contributed by atoms with Crippen LogP contribution in [0.5, 0.6) is 0 Å². The fourth-order valence-electron chi connectivity index (χ4n) is 4.88. The van der Waals surface area contributed by atoms with Crippen LogP contribution in [0.2, 0.25) is 5.02 Å². The molecule has 5 rings (SSSR count). The van der Waals surface area contributed by atoms with E-state index >= 15 is 0 Å². The van der Waals surface area contributed by atoms with Gasteiger partial charge in [-0.15, -0.1) is 0 Å². The Bertz CT molecular complexity index is 1210. The average molecular weight is 498 g/mol. The number of hydrogen-bond donors (Lipinski definition) is 0. The molecule has 2 aliphatic rings. The molecule has 4 heterocycles. The van der Waals surface area contributed by atoms with Gasteiger partial charge in [-0.3, -0.25) is 0 Å². The number of piperazine rings is 1. The Morgan fingerprint density at radius 3 is 2.54 bits per heavy atom. The first-order chi connectivity index (χ1) is 16.8. The number of halogens is 1. The fourth-order valence-corrected chi connectivity index (χ4v) is 5.07. The highest BCUT2D eigenvalue weighted by molar-refractivity contribution is 6.30. The van der Waals surface area contributed by atoms with Crippen molar-refractivity contribution in [3.8, 4) is 5.69 Å². The van der Waals surface area contributed by atoms with E-state index in [4.69, 9.17) is 31.0 Å². The predicted octanol–water partition coefficient (Wildman–Crippen LogP) is 5.03. The summed E-state index contributed by atoms with van der Waals surface area (Å²) in [5, 5.41) is 1.76. The molecule has 1 aromatic carbocycles. The second kappa shape index (κ2) is 9.66. The Hall–Kier alpha value is -2.84. The fraction of sp³-hybridized carbons (Fsp3) is 0.500. The largest absolute Gasteiger partial charge is 0.444 e. The molecule has 0 spiro atoms. The second-order valence-electron chi connectivity index (χ2n) is 10.2. The molecule has 0 aliphatic carbocycles. The molecule has 0 N–H and O–H groups in total. The van der Waals surface area contributed by atoms with E-state index in [1.54, 1.807) is 11.2 Å². The van der Waals surface area contributed by atoms with Gasteiger partial charge in [-0.2, -0.15) is 0 Å². The number of carbonyl (C=O) groups excluding carboxylic acids is 1. The van der Waals surface area contributed by atoms with Crippen LogP contribution in [0.15, 0.2) is 36.8 Å². The van der Waals surface area contributed by atoms with E-state index in [0.29, 0.717) is 37.1 Å². The van der Waals surface area contributed by atoms with Crippen LogP contribution in [-0.4, -0.2) is 70.5 Å². The molecule has 2 fully saturated rings. The Morgan fingerprint density at radius 2 is 1.86 bits per heavy atom. The van der Waals surface area contributed by atoms with Crippen LogP contribution in [0.25, 0.3) is 16.7 Å². The maximum Gasteiger partial charge on any atom is 0.410 e. The molecular weight excluding hydrogens is 466 g/mol. The van der Waals surface area contributed by atoms with Crippen LogP contribution in [-0.2, 0) is 9.47 Å². The number of nitrogens with zero attached hydrogens (tertiary/aromatic N) is 5. The summed E-state index contributed by atoms with van der Waals surface area (Å²) in [6.07, 6.45) is 5.50. The molecule has 1 amide bonds. The molecule has 0 saturated carbocycles. The van der Waals surface area contributed by atoms with Gasteiger partial charge in [0.2, 0.25) is 0 Å². The molecule has 3 aromatic rings. The highest BCUT2D eigenvalue weighted by Gasteiger charge is 2.30. The van der Waals surface area contributed by atoms with Gasteiger partial charge in [0.15, 0.2) is 0 Å². The number of hydrogen-bond acceptors (Lipinski definition) is 6. The lowest BCUT2D eigenvalue weighted by atomic mass is 9.92. The van der Waals surface area contributed by atoms with Gasteiger partial charge in [-0.1, -0.05) is 17.7 Å². The van der Waals surface area contributed by atoms with E-state index in [9.17, 15) is 4.79 Å². The van der Waals surface area contributed by atoms with Crippen molar-refractivity contribution in [1.82, 2.24) is 19.4 Å². The maximum atomic E-state index is 12.6. The van der Waals surface area contributed by atoms with E-state index in [0.717, 1.165) is 48.6 Å². The van der Waals surface area contributed by atoms with E-state index in [-0.39, 0.29) is 6.09 Å². The SMILES string of the molecule is CC(C)(C)OC(=O)N1CCN(c2ncnc3c2c(C2CCOCC2)cn3-c2cccc(Cl)c2)CC1. The van der Waals surface area contributed by atoms with Crippen LogP contribution in [0.4, 0.5) is 10.6 Å². The maximum absolute atomic E-state index is 12.6. The van der Waals surface area contributed by atoms with Crippen molar-refractivity contribution in [2.24, 2.45) is 0 Å². The first-order valence-corrected chi connectivity index (χ1v) is 12.6. The second-order valence-corrected chi connectivity index (χ2v) is 10.6. The molecule has 0 bridgehead atoms. The lowest BCUT2D eigenvalue weighted by Gasteiger charge is -2.36. The Labute approximate surface area is 210 Å². The van der Waals surface area contributed by atoms with E-state index in [1.165, 1.54) is 5.56 Å². The normalized spacial score (nSPS) is 17.7. The van der Waals surface area contributed by atoms with Crippen molar-refractivity contribution < 1.29 is 14.3 Å². The number of rotatable bonds is 3. The van der Waals surface area contributed by atoms with E-state index in [2.05, 4.69) is 15.7 Å². The minimum Gasteiger partial charge on any atom is -0.444 e. The van der Waals surface area contributed by atoms with Gasteiger partial charge < -0.3 is 23.8 Å². The van der Waals surface area contributed by atoms with Gasteiger partial charge in [0.1, 0.15) is 23.4 Å². The first-order valence-electron chi connectivity index (χ1n) is 12.2. The van der Waals surface area contributed by atoms with E-state index in [1.807, 2.05) is 45.0 Å². The average Bonchev–Trinajstić information content (AvgIpc) is 3.24. The summed E-state index contributed by atoms with van der Waals surface area (Å²) in [6, 6.07) is 7.83. The molecule has 35 heavy (non-hydrogen) atoms. The standard InChI is InChI=1S/C26H32ClN5O3/c1-26(2,3)35-25(33)31-11-9-30(10-12-31)23-22-21(18-7-13-34-14-8-18)16-32(24(22)29-17-28-23)20-6-4-5-19(27)15-20/h4-6,15-18H,7-14H2,1-3H3. The lowest BCUT2D eigenvalue weighted by Crippen LogP contribution is -2.50. The highest BCUT2D eigenvalue weighted by atomic mass is 35.5. The number of fused-ring (bicyclic) bond motifs is 1. The van der Waals surface area contributed by atoms with Crippen molar-refractivity contribution in [2.45, 2.75) is 45.1 Å². The number of benzene rings is 1. The summed E-state index contributed by atoms with van der Waals surface area (Å²) in [5.74, 6) is 1.29. The van der Waals surface area contributed by atoms with Crippen molar-refractivity contribution in [1.29, 1.82) is 0 Å². The van der Waals surface area contributed by atoms with Crippen molar-refractivity contribution in [2.75, 3.05) is 44.3 Å². The van der Waals surface area contributed by atoms with Crippen LogP contribution in [0, 0.1) is 0 Å². The monoisotopic (exact) mass is 497 g/mol. The summed E-state index contributed by atoms with van der Waals surface area (Å²) >= 11 is 6.32. The number of anilines is 1. The summed E-state index contributed by atoms with van der Waals surface area (Å²) in [4.78, 5) is 26.0. The predicted molar refractivity (Wildman–Crippen MR) is 137 cm³/mol. The van der Waals surface area contributed by atoms with Crippen LogP contribution in [0.3, 0.4) is 0 Å². The lowest BCUT2D eigenvalue weighted by molar-refractivity contribution is 0.0240. The molecular formula is C26H32ClN5O3. The first kappa shape index (κ1) is 23.9. The van der Waals surface area contributed by atoms with Gasteiger partial charge in [0.05, 0.1) is 5.39 Å². The summed E-state index contributed by atoms with van der Waals surface area (Å²) in [5.41, 5.74) is 2.58. The van der Waals surface area contributed by atoms with Crippen LogP contribution < -0.4 is 4.90 Å². The number of ether oxygens (including phenoxy) is 2. The summed E-state index contributed by atoms with van der Waals surface area (Å²) < 4.78 is 13.3. The van der Waals surface area contributed by atoms with Crippen molar-refractivity contribution in [3.05, 3.63) is 47.4 Å². The Morgan fingerprint density at radius 1 is 1.11 bits per heavy atom. The van der Waals surface area contributed by atoms with Gasteiger partial charge >= 0.3 is 6.09 Å². The smallest absolute Gasteiger partial charge is 0.410 e. The number of aromatic nitrogens is 3. The van der Waals surface area contributed by atoms with Gasteiger partial charge in [-0.05, 0) is 63.3 Å². The topological polar surface area (TPSA) is 72.7 Å². The minimum absolute atomic E-state index is 0.264. The molecule has 0 unspecified atom stereocenters. The zero-order valence-corrected chi connectivity index (χ0v) is 21.3. The molecule has 8 nitrogen and oxygen atoms in total. The van der Waals surface area contributed by atoms with Gasteiger partial charge in [0.25, 0.3) is 0 Å². The quantitative estimate of drug-likeness (QED) is 0.505. The molecule has 0 atom stereocenters. The summed E-state index contributed by atoms with van der Waals surface area (Å²) in [6.45, 7) is 9.72. The molecule has 2 saturated heterocycles. The van der Waals surface area contributed by atoms with Crippen molar-refractivity contribution in [3.63, 3.8) is 0 Å². The molecule has 9 heteroatoms. The van der Waals surface area contributed by atoms with Crippen LogP contribution >= 0.6 is 11.6 Å². The molecule has 2 aromatic heterocycles. The zero-order valence-electron chi connectivity index (χ0n) is 20.5. The molecule has 186 valence electrons. The highest BCUT2D eigenvalue weighted by Crippen LogP contribution is 2.38. The third-order valence-corrected chi connectivity index (χ3v) is 6.81. The van der Waals surface area contributed by atoms with Gasteiger partial charge in [0, 0.05) is 56.3 Å². The third kappa shape index (κ3) is 5.09. The zero-order chi connectivity index (χ0) is 24.6. The Balaban J connectivity index is 1.50. The molecule has 0 radical (unpaired) electrons. The minimum atomic E-state index is -0.505. The summed E-state index contributed by atoms with van der Waals surface area (Å²) in [7, 11) is 0. The third-order valence-electron chi connectivity index (χ3n) is 6.57. The van der Waals surface area contributed by atoms with Crippen LogP contribution in [0.1, 0.15) is 45.1 Å². The number of amides is 1. The number of carbonyl (C=O) groups is 1. The van der Waals surface area contributed by atoms with Gasteiger partial charge in [-0.25, -0.2) is 14.8 Å². The van der Waals surface area contributed by atoms with Crippen molar-refractivity contribution >= 4 is 34.5 Å².